The highest BCUT2D eigenvalue weighted by atomic mass is 16.4. The third-order valence-corrected chi connectivity index (χ3v) is 3.65. The number of hydrogen-bond acceptors (Lipinski definition) is 2. The fourth-order valence-corrected chi connectivity index (χ4v) is 2.09. The Bertz CT molecular complexity index is 287. The Morgan fingerprint density at radius 1 is 1.00 bits per heavy atom. The third kappa shape index (κ3) is 12.0. The summed E-state index contributed by atoms with van der Waals surface area (Å²) in [6.45, 7) is 6.92. The van der Waals surface area contributed by atoms with E-state index in [-0.39, 0.29) is 17.7 Å². The Hall–Kier alpha value is -1.06. The number of amides is 1. The number of carboxylic acids is 1. The number of nitrogens with one attached hydrogen (secondary N) is 1. The van der Waals surface area contributed by atoms with E-state index in [1.54, 1.807) is 0 Å². The molecule has 118 valence electrons. The summed E-state index contributed by atoms with van der Waals surface area (Å²) < 4.78 is 0. The van der Waals surface area contributed by atoms with E-state index in [1.807, 2.05) is 13.8 Å². The van der Waals surface area contributed by atoms with Crippen molar-refractivity contribution in [1.82, 2.24) is 5.32 Å². The maximum Gasteiger partial charge on any atom is 0.303 e. The van der Waals surface area contributed by atoms with E-state index in [4.69, 9.17) is 5.11 Å². The van der Waals surface area contributed by atoms with Crippen LogP contribution in [0, 0.1) is 5.41 Å². The van der Waals surface area contributed by atoms with E-state index < -0.39 is 5.97 Å². The summed E-state index contributed by atoms with van der Waals surface area (Å²) in [4.78, 5) is 22.2. The molecular weight excluding hydrogens is 254 g/mol. The molecule has 0 radical (unpaired) electrons. The molecule has 0 aromatic heterocycles. The maximum atomic E-state index is 11.6. The molecule has 2 N–H and O–H groups in total. The van der Waals surface area contributed by atoms with Crippen LogP contribution >= 0.6 is 0 Å². The second-order valence-corrected chi connectivity index (χ2v) is 6.32. The quantitative estimate of drug-likeness (QED) is 0.537. The summed E-state index contributed by atoms with van der Waals surface area (Å²) in [6, 6.07) is 0. The van der Waals surface area contributed by atoms with Crippen molar-refractivity contribution in [3.63, 3.8) is 0 Å². The van der Waals surface area contributed by atoms with Gasteiger partial charge in [0.2, 0.25) is 5.91 Å². The zero-order chi connectivity index (χ0) is 15.4. The van der Waals surface area contributed by atoms with Gasteiger partial charge >= 0.3 is 5.97 Å². The van der Waals surface area contributed by atoms with E-state index >= 15 is 0 Å². The molecule has 0 unspecified atom stereocenters. The Labute approximate surface area is 123 Å². The molecule has 0 aliphatic rings. The van der Waals surface area contributed by atoms with Gasteiger partial charge in [-0.2, -0.15) is 0 Å². The van der Waals surface area contributed by atoms with Crippen LogP contribution in [0.3, 0.4) is 0 Å². The van der Waals surface area contributed by atoms with Gasteiger partial charge in [0.15, 0.2) is 0 Å². The number of rotatable bonds is 12. The fraction of sp³-hybridized carbons (Fsp3) is 0.875. The first kappa shape index (κ1) is 18.9. The smallest absolute Gasteiger partial charge is 0.303 e. The average Bonchev–Trinajstić information content (AvgIpc) is 2.36. The van der Waals surface area contributed by atoms with E-state index in [9.17, 15) is 9.59 Å². The molecule has 0 aromatic rings. The first-order valence-corrected chi connectivity index (χ1v) is 7.86. The lowest BCUT2D eigenvalue weighted by Gasteiger charge is -2.23. The normalized spacial score (nSPS) is 11.3. The predicted molar refractivity (Wildman–Crippen MR) is 81.7 cm³/mol. The van der Waals surface area contributed by atoms with Crippen molar-refractivity contribution >= 4 is 11.9 Å². The molecule has 1 amide bonds. The molecule has 0 fully saturated rings. The molecule has 0 saturated carbocycles. The number of carbonyl (C=O) groups is 2. The van der Waals surface area contributed by atoms with Gasteiger partial charge in [-0.3, -0.25) is 9.59 Å². The van der Waals surface area contributed by atoms with Crippen LogP contribution in [0.2, 0.25) is 0 Å². The molecule has 0 aromatic carbocycles. The van der Waals surface area contributed by atoms with Crippen LogP contribution < -0.4 is 5.32 Å². The third-order valence-electron chi connectivity index (χ3n) is 3.65. The summed E-state index contributed by atoms with van der Waals surface area (Å²) >= 11 is 0. The van der Waals surface area contributed by atoms with Gasteiger partial charge in [0.25, 0.3) is 0 Å². The minimum atomic E-state index is -0.755. The Morgan fingerprint density at radius 3 is 2.25 bits per heavy atom. The molecule has 4 heteroatoms. The minimum Gasteiger partial charge on any atom is -0.481 e. The monoisotopic (exact) mass is 285 g/mol. The van der Waals surface area contributed by atoms with Gasteiger partial charge in [0.1, 0.15) is 0 Å². The second kappa shape index (κ2) is 10.7. The SMILES string of the molecule is CCCCCCCC(=O)NCCC(C)(C)CCC(=O)O. The highest BCUT2D eigenvalue weighted by Crippen LogP contribution is 2.25. The van der Waals surface area contributed by atoms with Gasteiger partial charge in [0.05, 0.1) is 0 Å². The fourth-order valence-electron chi connectivity index (χ4n) is 2.09. The minimum absolute atomic E-state index is 0.0349. The van der Waals surface area contributed by atoms with Crippen LogP contribution in [0.25, 0.3) is 0 Å². The topological polar surface area (TPSA) is 66.4 Å². The number of hydrogen-bond donors (Lipinski definition) is 2. The van der Waals surface area contributed by atoms with Crippen molar-refractivity contribution in [3.05, 3.63) is 0 Å². The van der Waals surface area contributed by atoms with Gasteiger partial charge in [0, 0.05) is 19.4 Å². The van der Waals surface area contributed by atoms with Gasteiger partial charge in [-0.25, -0.2) is 0 Å². The van der Waals surface area contributed by atoms with Crippen LogP contribution in [0.15, 0.2) is 0 Å². The van der Waals surface area contributed by atoms with Crippen LogP contribution in [-0.2, 0) is 9.59 Å². The summed E-state index contributed by atoms with van der Waals surface area (Å²) in [7, 11) is 0. The van der Waals surface area contributed by atoms with Crippen LogP contribution in [0.1, 0.15) is 78.6 Å². The van der Waals surface area contributed by atoms with Crippen LogP contribution in [0.5, 0.6) is 0 Å². The number of carboxylic acid groups (broad SMARTS) is 1. The summed E-state index contributed by atoms with van der Waals surface area (Å²) in [5, 5.41) is 11.6. The highest BCUT2D eigenvalue weighted by Gasteiger charge is 2.19. The van der Waals surface area contributed by atoms with Crippen molar-refractivity contribution in [2.45, 2.75) is 78.6 Å². The van der Waals surface area contributed by atoms with Crippen molar-refractivity contribution in [1.29, 1.82) is 0 Å². The average molecular weight is 285 g/mol. The number of unbranched alkanes of at least 4 members (excludes halogenated alkanes) is 4. The van der Waals surface area contributed by atoms with E-state index in [0.29, 0.717) is 19.4 Å². The summed E-state index contributed by atoms with van der Waals surface area (Å²) in [6.07, 6.45) is 8.05. The predicted octanol–water partition coefficient (Wildman–Crippen LogP) is 3.74. The molecule has 0 saturated heterocycles. The summed E-state index contributed by atoms with van der Waals surface area (Å²) in [5.74, 6) is -0.635. The highest BCUT2D eigenvalue weighted by molar-refractivity contribution is 5.75. The van der Waals surface area contributed by atoms with E-state index in [0.717, 1.165) is 19.3 Å². The summed E-state index contributed by atoms with van der Waals surface area (Å²) in [5.41, 5.74) is -0.0349. The lowest BCUT2D eigenvalue weighted by molar-refractivity contribution is -0.137. The van der Waals surface area contributed by atoms with Crippen molar-refractivity contribution in [2.75, 3.05) is 6.54 Å². The molecule has 0 aliphatic heterocycles. The Morgan fingerprint density at radius 2 is 1.65 bits per heavy atom. The molecule has 0 atom stereocenters. The standard InChI is InChI=1S/C16H31NO3/c1-4-5-6-7-8-9-14(18)17-13-12-16(2,3)11-10-15(19)20/h4-13H2,1-3H3,(H,17,18)(H,19,20). The number of aliphatic carboxylic acids is 1. The van der Waals surface area contributed by atoms with Crippen LogP contribution in [-0.4, -0.2) is 23.5 Å². The van der Waals surface area contributed by atoms with Crippen molar-refractivity contribution in [3.8, 4) is 0 Å². The molecule has 0 bridgehead atoms. The van der Waals surface area contributed by atoms with Crippen LogP contribution in [0.4, 0.5) is 0 Å². The Balaban J connectivity index is 3.61. The zero-order valence-corrected chi connectivity index (χ0v) is 13.3. The molecule has 20 heavy (non-hydrogen) atoms. The Kier molecular flexibility index (Phi) is 10.1. The lowest BCUT2D eigenvalue weighted by atomic mass is 9.84. The van der Waals surface area contributed by atoms with E-state index in [2.05, 4.69) is 12.2 Å². The molecule has 4 nitrogen and oxygen atoms in total. The lowest BCUT2D eigenvalue weighted by Crippen LogP contribution is -2.28. The zero-order valence-electron chi connectivity index (χ0n) is 13.3. The van der Waals surface area contributed by atoms with Gasteiger partial charge < -0.3 is 10.4 Å². The first-order chi connectivity index (χ1) is 9.37. The van der Waals surface area contributed by atoms with E-state index in [1.165, 1.54) is 19.3 Å². The maximum absolute atomic E-state index is 11.6. The van der Waals surface area contributed by atoms with Crippen molar-refractivity contribution < 1.29 is 14.7 Å². The molecule has 0 rings (SSSR count). The molecular formula is C16H31NO3. The van der Waals surface area contributed by atoms with Gasteiger partial charge in [-0.15, -0.1) is 0 Å². The second-order valence-electron chi connectivity index (χ2n) is 6.32. The first-order valence-electron chi connectivity index (χ1n) is 7.86. The van der Waals surface area contributed by atoms with Gasteiger partial charge in [-0.1, -0.05) is 46.5 Å². The van der Waals surface area contributed by atoms with Crippen molar-refractivity contribution in [2.24, 2.45) is 5.41 Å². The molecule has 0 aliphatic carbocycles. The number of carbonyl (C=O) groups excluding carboxylic acids is 1. The molecule has 0 heterocycles. The molecule has 0 spiro atoms. The van der Waals surface area contributed by atoms with Gasteiger partial charge in [-0.05, 0) is 24.7 Å². The largest absolute Gasteiger partial charge is 0.481 e.